The zero-order valence-electron chi connectivity index (χ0n) is 23.7. The minimum Gasteiger partial charge on any atom is -0.504 e. The van der Waals surface area contributed by atoms with Crippen LogP contribution in [-0.4, -0.2) is 47.9 Å². The summed E-state index contributed by atoms with van der Waals surface area (Å²) in [5.41, 5.74) is 2.21. The SMILES string of the molecule is COC(=O)C[C@H](C1=C(O)C(=O)C([C@@H](CC(=O)OC)c2ccc(C(C)C)cc2)=C(O)C1=O)c1ccc(C(C)C)cc1. The van der Waals surface area contributed by atoms with Crippen LogP contribution in [0.3, 0.4) is 0 Å². The second-order valence-corrected chi connectivity index (χ2v) is 10.5. The first-order valence-electron chi connectivity index (χ1n) is 13.2. The number of rotatable bonds is 10. The van der Waals surface area contributed by atoms with Gasteiger partial charge in [0.15, 0.2) is 11.5 Å². The van der Waals surface area contributed by atoms with Crippen molar-refractivity contribution in [2.24, 2.45) is 0 Å². The van der Waals surface area contributed by atoms with Crippen LogP contribution in [0.1, 0.15) is 86.5 Å². The number of carbonyl (C=O) groups is 4. The summed E-state index contributed by atoms with van der Waals surface area (Å²) in [5.74, 6) is -6.74. The standard InChI is InChI=1S/C32H36O8/c1-17(2)19-7-11-21(12-8-19)23(15-25(33)39-5)27-29(35)31(37)28(32(38)30(27)36)24(16-26(34)40-6)22-13-9-20(10-14-22)18(3)4/h7-14,17-18,23-24,35,38H,15-16H2,1-6H3/t23-,24-/m0/s1. The predicted octanol–water partition coefficient (Wildman–Crippen LogP) is 5.70. The molecule has 212 valence electrons. The molecule has 2 aromatic carbocycles. The summed E-state index contributed by atoms with van der Waals surface area (Å²) in [6, 6.07) is 14.2. The summed E-state index contributed by atoms with van der Waals surface area (Å²) < 4.78 is 9.63. The van der Waals surface area contributed by atoms with Crippen molar-refractivity contribution in [2.45, 2.75) is 64.2 Å². The van der Waals surface area contributed by atoms with Crippen LogP contribution in [0, 0.1) is 0 Å². The van der Waals surface area contributed by atoms with Gasteiger partial charge in [-0.1, -0.05) is 76.2 Å². The molecule has 0 spiro atoms. The molecule has 0 heterocycles. The molecule has 0 aromatic heterocycles. The molecule has 0 fully saturated rings. The van der Waals surface area contributed by atoms with Crippen LogP contribution in [0.5, 0.6) is 0 Å². The maximum atomic E-state index is 13.6. The number of carbonyl (C=O) groups excluding carboxylic acids is 4. The normalized spacial score (nSPS) is 15.5. The van der Waals surface area contributed by atoms with E-state index < -0.39 is 58.0 Å². The number of Topliss-reactive ketones (excluding diaryl/α,β-unsaturated/α-hetero) is 2. The van der Waals surface area contributed by atoms with E-state index in [-0.39, 0.29) is 24.7 Å². The highest BCUT2D eigenvalue weighted by atomic mass is 16.5. The average molecular weight is 549 g/mol. The van der Waals surface area contributed by atoms with E-state index in [1.807, 2.05) is 52.0 Å². The van der Waals surface area contributed by atoms with Gasteiger partial charge in [0.05, 0.1) is 38.2 Å². The molecule has 0 saturated carbocycles. The summed E-state index contributed by atoms with van der Waals surface area (Å²) >= 11 is 0. The first kappa shape index (κ1) is 30.3. The molecule has 2 N–H and O–H groups in total. The van der Waals surface area contributed by atoms with Crippen LogP contribution in [-0.2, 0) is 28.7 Å². The smallest absolute Gasteiger partial charge is 0.306 e. The van der Waals surface area contributed by atoms with E-state index in [2.05, 4.69) is 0 Å². The number of ketones is 2. The Bertz CT molecular complexity index is 1240. The third-order valence-corrected chi connectivity index (χ3v) is 7.33. The maximum absolute atomic E-state index is 13.6. The Morgan fingerprint density at radius 1 is 0.600 bits per heavy atom. The molecular weight excluding hydrogens is 512 g/mol. The molecule has 8 heteroatoms. The van der Waals surface area contributed by atoms with Crippen LogP contribution in [0.25, 0.3) is 0 Å². The largest absolute Gasteiger partial charge is 0.504 e. The van der Waals surface area contributed by atoms with Gasteiger partial charge in [-0.3, -0.25) is 19.2 Å². The van der Waals surface area contributed by atoms with E-state index in [0.29, 0.717) is 11.1 Å². The topological polar surface area (TPSA) is 127 Å². The molecule has 2 aromatic rings. The van der Waals surface area contributed by atoms with Gasteiger partial charge in [-0.2, -0.15) is 0 Å². The lowest BCUT2D eigenvalue weighted by Gasteiger charge is -2.27. The molecule has 40 heavy (non-hydrogen) atoms. The number of aliphatic hydroxyl groups is 2. The van der Waals surface area contributed by atoms with Crippen molar-refractivity contribution >= 4 is 23.5 Å². The maximum Gasteiger partial charge on any atom is 0.306 e. The van der Waals surface area contributed by atoms with Gasteiger partial charge < -0.3 is 19.7 Å². The highest BCUT2D eigenvalue weighted by Crippen LogP contribution is 2.41. The molecule has 8 nitrogen and oxygen atoms in total. The van der Waals surface area contributed by atoms with Crippen LogP contribution in [0.15, 0.2) is 71.2 Å². The second-order valence-electron chi connectivity index (χ2n) is 10.5. The summed E-state index contributed by atoms with van der Waals surface area (Å²) in [5, 5.41) is 22.3. The lowest BCUT2D eigenvalue weighted by molar-refractivity contribution is -0.142. The van der Waals surface area contributed by atoms with Gasteiger partial charge in [0.2, 0.25) is 11.6 Å². The second kappa shape index (κ2) is 12.8. The Balaban J connectivity index is 2.13. The lowest BCUT2D eigenvalue weighted by Crippen LogP contribution is -2.31. The Hall–Kier alpha value is -4.20. The van der Waals surface area contributed by atoms with Crippen LogP contribution >= 0.6 is 0 Å². The molecular formula is C32H36O8. The summed E-state index contributed by atoms with van der Waals surface area (Å²) in [4.78, 5) is 51.9. The number of ether oxygens (including phenoxy) is 2. The average Bonchev–Trinajstić information content (AvgIpc) is 2.95. The van der Waals surface area contributed by atoms with Gasteiger partial charge in [-0.15, -0.1) is 0 Å². The van der Waals surface area contributed by atoms with Crippen molar-refractivity contribution in [3.05, 3.63) is 93.4 Å². The highest BCUT2D eigenvalue weighted by Gasteiger charge is 2.43. The minimum atomic E-state index is -1.06. The Morgan fingerprint density at radius 2 is 0.875 bits per heavy atom. The summed E-state index contributed by atoms with van der Waals surface area (Å²) in [6.07, 6.45) is -0.693. The van der Waals surface area contributed by atoms with Gasteiger partial charge in [-0.25, -0.2) is 0 Å². The molecule has 0 bridgehead atoms. The van der Waals surface area contributed by atoms with E-state index in [1.165, 1.54) is 14.2 Å². The number of esters is 2. The van der Waals surface area contributed by atoms with E-state index in [1.54, 1.807) is 24.3 Å². The van der Waals surface area contributed by atoms with Crippen molar-refractivity contribution in [3.63, 3.8) is 0 Å². The molecule has 3 rings (SSSR count). The van der Waals surface area contributed by atoms with E-state index in [4.69, 9.17) is 9.47 Å². The van der Waals surface area contributed by atoms with E-state index in [0.717, 1.165) is 11.1 Å². The van der Waals surface area contributed by atoms with Crippen molar-refractivity contribution in [2.75, 3.05) is 14.2 Å². The number of benzene rings is 2. The van der Waals surface area contributed by atoms with Gasteiger partial charge in [0.1, 0.15) is 0 Å². The third-order valence-electron chi connectivity index (χ3n) is 7.33. The fourth-order valence-corrected chi connectivity index (χ4v) is 4.86. The number of methoxy groups -OCH3 is 2. The minimum absolute atomic E-state index is 0.231. The van der Waals surface area contributed by atoms with Crippen molar-refractivity contribution in [1.29, 1.82) is 0 Å². The molecule has 1 aliphatic carbocycles. The number of aliphatic hydroxyl groups excluding tert-OH is 2. The highest BCUT2D eigenvalue weighted by molar-refractivity contribution is 6.24. The number of hydrogen-bond donors (Lipinski definition) is 2. The summed E-state index contributed by atoms with van der Waals surface area (Å²) in [6.45, 7) is 8.07. The molecule has 1 aliphatic rings. The monoisotopic (exact) mass is 548 g/mol. The Labute approximate surface area is 234 Å². The zero-order valence-corrected chi connectivity index (χ0v) is 23.7. The third kappa shape index (κ3) is 6.33. The van der Waals surface area contributed by atoms with Crippen molar-refractivity contribution in [3.8, 4) is 0 Å². The summed E-state index contributed by atoms with van der Waals surface area (Å²) in [7, 11) is 2.39. The van der Waals surface area contributed by atoms with Gasteiger partial charge in [0.25, 0.3) is 0 Å². The fourth-order valence-electron chi connectivity index (χ4n) is 4.86. The van der Waals surface area contributed by atoms with Crippen LogP contribution in [0.2, 0.25) is 0 Å². The van der Waals surface area contributed by atoms with Gasteiger partial charge in [-0.05, 0) is 34.1 Å². The Morgan fingerprint density at radius 3 is 1.12 bits per heavy atom. The molecule has 0 aliphatic heterocycles. The first-order chi connectivity index (χ1) is 18.9. The molecule has 0 saturated heterocycles. The van der Waals surface area contributed by atoms with E-state index in [9.17, 15) is 29.4 Å². The van der Waals surface area contributed by atoms with E-state index >= 15 is 0 Å². The predicted molar refractivity (Wildman–Crippen MR) is 149 cm³/mol. The zero-order chi connectivity index (χ0) is 29.7. The quantitative estimate of drug-likeness (QED) is 0.286. The van der Waals surface area contributed by atoms with Gasteiger partial charge in [0, 0.05) is 11.8 Å². The van der Waals surface area contributed by atoms with Crippen molar-refractivity contribution in [1.82, 2.24) is 0 Å². The number of allylic oxidation sites excluding steroid dienone is 2. The number of hydrogen-bond acceptors (Lipinski definition) is 8. The van der Waals surface area contributed by atoms with Gasteiger partial charge >= 0.3 is 11.9 Å². The first-order valence-corrected chi connectivity index (χ1v) is 13.2. The molecule has 0 unspecified atom stereocenters. The molecule has 0 amide bonds. The molecule has 2 atom stereocenters. The molecule has 0 radical (unpaired) electrons. The lowest BCUT2D eigenvalue weighted by atomic mass is 9.75. The van der Waals surface area contributed by atoms with Crippen LogP contribution in [0.4, 0.5) is 0 Å². The van der Waals surface area contributed by atoms with Crippen molar-refractivity contribution < 1.29 is 38.9 Å². The van der Waals surface area contributed by atoms with Crippen LogP contribution < -0.4 is 0 Å². The fraction of sp³-hybridized carbons (Fsp3) is 0.375. The Kier molecular flexibility index (Phi) is 9.69.